The fraction of sp³-hybridized carbons (Fsp3) is 0.360. The number of aryl methyl sites for hydroxylation is 3. The first-order valence-electron chi connectivity index (χ1n) is 21.1. The van der Waals surface area contributed by atoms with Crippen LogP contribution in [0.15, 0.2) is 121 Å². The molecule has 7 nitrogen and oxygen atoms in total. The third kappa shape index (κ3) is 14.9. The van der Waals surface area contributed by atoms with Crippen LogP contribution in [0.25, 0.3) is 0 Å². The number of hydrogen-bond donors (Lipinski definition) is 1. The highest BCUT2D eigenvalue weighted by molar-refractivity contribution is 7.41. The van der Waals surface area contributed by atoms with Gasteiger partial charge in [0.2, 0.25) is 0 Å². The molecule has 0 saturated heterocycles. The minimum Gasteiger partial charge on any atom is -0.322 e. The lowest BCUT2D eigenvalue weighted by molar-refractivity contribution is 0.0983. The van der Waals surface area contributed by atoms with Gasteiger partial charge in [-0.05, 0) is 86.2 Å². The predicted octanol–water partition coefficient (Wildman–Crippen LogP) is 14.3. The second kappa shape index (κ2) is 26.4. The summed E-state index contributed by atoms with van der Waals surface area (Å²) in [6, 6.07) is 39.0. The van der Waals surface area contributed by atoms with E-state index < -0.39 is 8.60 Å². The van der Waals surface area contributed by atoms with E-state index in [1.54, 1.807) is 18.2 Å². The van der Waals surface area contributed by atoms with Crippen molar-refractivity contribution in [1.29, 1.82) is 0 Å². The molecule has 1 heterocycles. The number of hydrogen-bond acceptors (Lipinski definition) is 5. The molecule has 0 radical (unpaired) electrons. The molecule has 1 N–H and O–H groups in total. The second-order valence-electron chi connectivity index (χ2n) is 13.4. The summed E-state index contributed by atoms with van der Waals surface area (Å²) in [4.78, 5) is 29.0. The van der Waals surface area contributed by atoms with Gasteiger partial charge in [0.15, 0.2) is 0 Å². The van der Waals surface area contributed by atoms with Crippen molar-refractivity contribution in [2.75, 3.05) is 16.8 Å². The molecule has 7 rings (SSSR count). The van der Waals surface area contributed by atoms with Crippen molar-refractivity contribution in [3.63, 3.8) is 0 Å². The lowest BCUT2D eigenvalue weighted by Gasteiger charge is -2.27. The van der Waals surface area contributed by atoms with Crippen LogP contribution in [0.1, 0.15) is 134 Å². The fourth-order valence-electron chi connectivity index (χ4n) is 5.97. The van der Waals surface area contributed by atoms with Gasteiger partial charge in [-0.25, -0.2) is 0 Å². The number of amides is 2. The van der Waals surface area contributed by atoms with Gasteiger partial charge < -0.3 is 23.8 Å². The van der Waals surface area contributed by atoms with E-state index in [1.807, 2.05) is 164 Å². The van der Waals surface area contributed by atoms with Crippen LogP contribution in [-0.4, -0.2) is 18.4 Å². The van der Waals surface area contributed by atoms with Crippen LogP contribution in [0.3, 0.4) is 0 Å². The summed E-state index contributed by atoms with van der Waals surface area (Å²) in [5, 5.41) is 2.98. The van der Waals surface area contributed by atoms with Crippen molar-refractivity contribution < 1.29 is 23.2 Å². The van der Waals surface area contributed by atoms with Crippen LogP contribution >= 0.6 is 8.60 Å². The molecule has 0 spiro atoms. The van der Waals surface area contributed by atoms with Crippen LogP contribution < -0.4 is 10.2 Å². The van der Waals surface area contributed by atoms with E-state index >= 15 is 0 Å². The first-order chi connectivity index (χ1) is 28.4. The maximum atomic E-state index is 14.2. The highest BCUT2D eigenvalue weighted by Crippen LogP contribution is 2.50. The molecule has 5 aromatic rings. The quantitative estimate of drug-likeness (QED) is 0.135. The first kappa shape index (κ1) is 47.7. The van der Waals surface area contributed by atoms with Crippen molar-refractivity contribution in [3.8, 4) is 0 Å². The summed E-state index contributed by atoms with van der Waals surface area (Å²) in [6.45, 7) is 19.1. The Morgan fingerprint density at radius 2 is 1.21 bits per heavy atom. The molecule has 1 fully saturated rings. The molecule has 1 aliphatic heterocycles. The van der Waals surface area contributed by atoms with Gasteiger partial charge in [0.1, 0.15) is 0 Å². The predicted molar refractivity (Wildman–Crippen MR) is 244 cm³/mol. The van der Waals surface area contributed by atoms with E-state index in [4.69, 9.17) is 13.6 Å². The molecule has 58 heavy (non-hydrogen) atoms. The Labute approximate surface area is 350 Å². The van der Waals surface area contributed by atoms with Crippen molar-refractivity contribution in [2.45, 2.75) is 114 Å². The largest absolute Gasteiger partial charge is 0.333 e. The topological polar surface area (TPSA) is 77.1 Å². The molecular formula is C50H65N2O5P. The van der Waals surface area contributed by atoms with E-state index in [1.165, 1.54) is 19.3 Å². The van der Waals surface area contributed by atoms with Gasteiger partial charge in [-0.3, -0.25) is 9.59 Å². The van der Waals surface area contributed by atoms with E-state index in [-0.39, 0.29) is 17.9 Å². The summed E-state index contributed by atoms with van der Waals surface area (Å²) >= 11 is 0. The van der Waals surface area contributed by atoms with Crippen LogP contribution in [-0.2, 0) is 26.8 Å². The third-order valence-electron chi connectivity index (χ3n) is 8.94. The Hall–Kier alpha value is -4.65. The van der Waals surface area contributed by atoms with Crippen LogP contribution in [0, 0.1) is 20.8 Å². The number of nitrogens with one attached hydrogen (secondary N) is 1. The second-order valence-corrected chi connectivity index (χ2v) is 14.5. The molecule has 0 aromatic heterocycles. The molecule has 1 unspecified atom stereocenters. The molecular weight excluding hydrogens is 740 g/mol. The number of carbonyl (C=O) groups is 2. The van der Waals surface area contributed by atoms with Gasteiger partial charge in [0.25, 0.3) is 11.8 Å². The number of benzene rings is 5. The lowest BCUT2D eigenvalue weighted by atomic mass is 10.0. The Bertz CT molecular complexity index is 1900. The van der Waals surface area contributed by atoms with Gasteiger partial charge in [0, 0.05) is 34.6 Å². The number of nitrogens with zero attached hydrogens (tertiary/aromatic N) is 1. The molecule has 2 amide bonds. The van der Waals surface area contributed by atoms with Crippen LogP contribution in [0.5, 0.6) is 0 Å². The number of fused-ring (bicyclic) bond motifs is 1. The van der Waals surface area contributed by atoms with E-state index in [2.05, 4.69) is 11.4 Å². The zero-order valence-electron chi connectivity index (χ0n) is 36.2. The summed E-state index contributed by atoms with van der Waals surface area (Å²) in [5.41, 5.74) is 8.42. The average molecular weight is 805 g/mol. The number of carbonyl (C=O) groups excluding carboxylic acids is 2. The minimum absolute atomic E-state index is 0.0945. The fourth-order valence-corrected chi connectivity index (χ4v) is 7.10. The molecule has 0 bridgehead atoms. The number of anilines is 2. The van der Waals surface area contributed by atoms with Gasteiger partial charge in [0.05, 0.1) is 19.3 Å². The average Bonchev–Trinajstić information content (AvgIpc) is 4.17. The van der Waals surface area contributed by atoms with Crippen molar-refractivity contribution in [2.24, 2.45) is 0 Å². The molecule has 310 valence electrons. The van der Waals surface area contributed by atoms with Crippen LogP contribution in [0.4, 0.5) is 11.4 Å². The Balaban J connectivity index is 0.000000916. The maximum absolute atomic E-state index is 14.2. The zero-order valence-corrected chi connectivity index (χ0v) is 37.1. The Morgan fingerprint density at radius 1 is 0.638 bits per heavy atom. The Morgan fingerprint density at radius 3 is 1.76 bits per heavy atom. The van der Waals surface area contributed by atoms with Crippen molar-refractivity contribution in [3.05, 3.63) is 166 Å². The monoisotopic (exact) mass is 804 g/mol. The summed E-state index contributed by atoms with van der Waals surface area (Å²) in [6.07, 6.45) is 5.60. The van der Waals surface area contributed by atoms with Crippen molar-refractivity contribution >= 4 is 31.8 Å². The summed E-state index contributed by atoms with van der Waals surface area (Å²) < 4.78 is 19.3. The maximum Gasteiger partial charge on any atom is 0.333 e. The molecule has 2 aliphatic rings. The van der Waals surface area contributed by atoms with Gasteiger partial charge in [-0.15, -0.1) is 0 Å². The summed E-state index contributed by atoms with van der Waals surface area (Å²) in [7, 11) is -1.72. The summed E-state index contributed by atoms with van der Waals surface area (Å²) in [5.74, 6) is -0.275. The highest BCUT2D eigenvalue weighted by Gasteiger charge is 2.31. The highest BCUT2D eigenvalue weighted by atomic mass is 31.2. The molecule has 1 saturated carbocycles. The van der Waals surface area contributed by atoms with E-state index in [0.29, 0.717) is 43.0 Å². The smallest absolute Gasteiger partial charge is 0.322 e. The molecule has 8 heteroatoms. The Kier molecular flexibility index (Phi) is 21.7. The van der Waals surface area contributed by atoms with Crippen LogP contribution in [0.2, 0.25) is 0 Å². The molecule has 1 atom stereocenters. The third-order valence-corrected chi connectivity index (χ3v) is 10.1. The van der Waals surface area contributed by atoms with Gasteiger partial charge in [-0.1, -0.05) is 157 Å². The normalized spacial score (nSPS) is 13.6. The van der Waals surface area contributed by atoms with Gasteiger partial charge in [-0.2, -0.15) is 0 Å². The minimum atomic E-state index is -1.72. The standard InChI is InChI=1S/C41H41N2O5P.C3H6.3C2H6/c1-29-20-23-38-37(25-29)39(48-49(46-27-32-14-6-4-7-15-32)47-28-33-16-8-5-9-17-33)19-12-24-43(38)41(45)36-22-21-34(26-31(36)3)42-40(44)35-18-11-10-13-30(35)2;1-2-3-1;3*1-2/h4-11,13-18,20-23,25-26,39H,12,19,24,27-28H2,1-3H3,(H,42,44);1-3H2;3*1-2H3. The van der Waals surface area contributed by atoms with E-state index in [0.717, 1.165) is 45.5 Å². The SMILES string of the molecule is C1CC1.CC.CC.CC.Cc1ccc2c(c1)C(OP(OCc1ccccc1)OCc1ccccc1)CCCN2C(=O)c1ccc(NC(=O)c2ccccc2C)cc1C. The molecule has 5 aromatic carbocycles. The number of rotatable bonds is 11. The zero-order chi connectivity index (χ0) is 42.3. The first-order valence-corrected chi connectivity index (χ1v) is 22.2. The van der Waals surface area contributed by atoms with E-state index in [9.17, 15) is 9.59 Å². The molecule has 1 aliphatic carbocycles. The van der Waals surface area contributed by atoms with Gasteiger partial charge >= 0.3 is 8.60 Å². The van der Waals surface area contributed by atoms with Crippen molar-refractivity contribution in [1.82, 2.24) is 0 Å². The lowest BCUT2D eigenvalue weighted by Crippen LogP contribution is -2.32.